The highest BCUT2D eigenvalue weighted by atomic mass is 32.2. The summed E-state index contributed by atoms with van der Waals surface area (Å²) in [7, 11) is -4.75. The molecule has 6 aromatic rings. The van der Waals surface area contributed by atoms with E-state index in [1.54, 1.807) is 30.5 Å². The number of aromatic nitrogens is 3. The van der Waals surface area contributed by atoms with Crippen LogP contribution in [0.1, 0.15) is 78.5 Å². The van der Waals surface area contributed by atoms with Crippen LogP contribution in [0.5, 0.6) is 17.4 Å². The Kier molecular flexibility index (Phi) is 10.9. The molecule has 0 radical (unpaired) electrons. The summed E-state index contributed by atoms with van der Waals surface area (Å²) in [6.07, 6.45) is 11.8. The van der Waals surface area contributed by atoms with Gasteiger partial charge in [-0.15, -0.1) is 0 Å². The zero-order valence-electron chi connectivity index (χ0n) is 35.5. The van der Waals surface area contributed by atoms with Crippen molar-refractivity contribution in [1.29, 1.82) is 0 Å². The zero-order chi connectivity index (χ0) is 44.0. The fourth-order valence-electron chi connectivity index (χ4n) is 10.3. The Labute approximate surface area is 371 Å². The van der Waals surface area contributed by atoms with Crippen molar-refractivity contribution in [2.75, 3.05) is 36.5 Å². The molecule has 3 fully saturated rings. The van der Waals surface area contributed by atoms with Crippen LogP contribution in [0.15, 0.2) is 108 Å². The Bertz CT molecular complexity index is 2840. The van der Waals surface area contributed by atoms with E-state index in [4.69, 9.17) is 9.47 Å². The molecule has 1 amide bonds. The molecule has 0 bridgehead atoms. The number of H-pyrrole nitrogens is 1. The van der Waals surface area contributed by atoms with Crippen molar-refractivity contribution in [1.82, 2.24) is 24.6 Å². The fourth-order valence-corrected chi connectivity index (χ4v) is 11.2. The summed E-state index contributed by atoms with van der Waals surface area (Å²) >= 11 is 0. The SMILES string of the molecule is CCc1ccccc1[C@H]1CCCN1C1CC2(CCN(c3ccc(C(=O)NS(=O)(=O)c4cc([N+](=O)[O-])c5c(n4)OC[C@H](Cc4ccccc4)N5)c(Oc4cnc5[nH]ccc5c4)c3)CC2)C1. The minimum Gasteiger partial charge on any atom is -0.474 e. The number of nitrogens with one attached hydrogen (secondary N) is 3. The van der Waals surface area contributed by atoms with E-state index in [2.05, 4.69) is 66.0 Å². The second-order valence-electron chi connectivity index (χ2n) is 17.6. The third kappa shape index (κ3) is 8.11. The van der Waals surface area contributed by atoms with Gasteiger partial charge >= 0.3 is 5.69 Å². The number of pyridine rings is 2. The maximum atomic E-state index is 14.0. The molecule has 6 heterocycles. The molecule has 16 heteroatoms. The minimum atomic E-state index is -4.75. The first-order valence-electron chi connectivity index (χ1n) is 22.1. The van der Waals surface area contributed by atoms with Crippen molar-refractivity contribution in [3.05, 3.63) is 136 Å². The van der Waals surface area contributed by atoms with Crippen molar-refractivity contribution >= 4 is 44.0 Å². The predicted molar refractivity (Wildman–Crippen MR) is 243 cm³/mol. The molecule has 15 nitrogen and oxygen atoms in total. The first kappa shape index (κ1) is 41.5. The van der Waals surface area contributed by atoms with Crippen LogP contribution in [-0.2, 0) is 22.9 Å². The van der Waals surface area contributed by atoms with Crippen molar-refractivity contribution < 1.29 is 27.6 Å². The van der Waals surface area contributed by atoms with Gasteiger partial charge in [-0.1, -0.05) is 61.5 Å². The number of fused-ring (bicyclic) bond motifs is 2. The van der Waals surface area contributed by atoms with Crippen LogP contribution in [0.25, 0.3) is 11.0 Å². The summed E-state index contributed by atoms with van der Waals surface area (Å²) in [6, 6.07) is 28.8. The molecule has 1 aliphatic carbocycles. The van der Waals surface area contributed by atoms with Gasteiger partial charge in [-0.2, -0.15) is 13.4 Å². The molecular formula is C48H50N8O7S. The van der Waals surface area contributed by atoms with Gasteiger partial charge in [0.2, 0.25) is 5.88 Å². The lowest BCUT2D eigenvalue weighted by atomic mass is 9.59. The fraction of sp³-hybridized carbons (Fsp3) is 0.354. The molecule has 3 aromatic heterocycles. The average molecular weight is 883 g/mol. The molecule has 3 aliphatic heterocycles. The molecule has 64 heavy (non-hydrogen) atoms. The molecule has 3 N–H and O–H groups in total. The number of rotatable bonds is 12. The third-order valence-corrected chi connectivity index (χ3v) is 14.8. The molecule has 2 saturated heterocycles. The van der Waals surface area contributed by atoms with Gasteiger partial charge in [0, 0.05) is 48.5 Å². The number of carbonyl (C=O) groups excluding carboxylic acids is 1. The van der Waals surface area contributed by atoms with E-state index in [1.807, 2.05) is 36.4 Å². The number of amides is 1. The van der Waals surface area contributed by atoms with Gasteiger partial charge in [0.15, 0.2) is 10.7 Å². The second-order valence-corrected chi connectivity index (χ2v) is 19.2. The highest BCUT2D eigenvalue weighted by Gasteiger charge is 2.50. The number of carbonyl (C=O) groups is 1. The quantitative estimate of drug-likeness (QED) is 0.0790. The molecule has 1 saturated carbocycles. The summed E-state index contributed by atoms with van der Waals surface area (Å²) in [4.78, 5) is 42.3. The Morgan fingerprint density at radius 1 is 1.02 bits per heavy atom. The van der Waals surface area contributed by atoms with Crippen LogP contribution >= 0.6 is 0 Å². The van der Waals surface area contributed by atoms with Crippen LogP contribution < -0.4 is 24.4 Å². The molecule has 4 aliphatic rings. The average Bonchev–Trinajstić information content (AvgIpc) is 3.98. The van der Waals surface area contributed by atoms with Crippen molar-refractivity contribution in [3.63, 3.8) is 0 Å². The number of sulfonamides is 1. The number of hydrogen-bond donors (Lipinski definition) is 3. The molecule has 0 unspecified atom stereocenters. The number of piperidine rings is 1. The van der Waals surface area contributed by atoms with Gasteiger partial charge in [-0.25, -0.2) is 9.71 Å². The number of aromatic amines is 1. The van der Waals surface area contributed by atoms with Gasteiger partial charge < -0.3 is 24.7 Å². The van der Waals surface area contributed by atoms with Crippen LogP contribution in [-0.4, -0.2) is 77.4 Å². The molecular weight excluding hydrogens is 833 g/mol. The largest absolute Gasteiger partial charge is 0.474 e. The molecule has 2 atom stereocenters. The second kappa shape index (κ2) is 16.9. The highest BCUT2D eigenvalue weighted by molar-refractivity contribution is 7.90. The van der Waals surface area contributed by atoms with Crippen LogP contribution in [0, 0.1) is 15.5 Å². The van der Waals surface area contributed by atoms with Gasteiger partial charge in [0.25, 0.3) is 15.9 Å². The Balaban J connectivity index is 0.861. The molecule has 10 rings (SSSR count). The summed E-state index contributed by atoms with van der Waals surface area (Å²) in [6.45, 7) is 5.14. The topological polar surface area (TPSA) is 185 Å². The van der Waals surface area contributed by atoms with Crippen molar-refractivity contribution in [2.45, 2.75) is 81.4 Å². The predicted octanol–water partition coefficient (Wildman–Crippen LogP) is 8.34. The standard InChI is InChI=1S/C48H50N8O7S/c1-2-32-11-6-7-12-38(32)40-13-8-20-55(40)36-27-48(28-36)17-21-54(22-18-48)35-14-15-39(42(25-35)63-37-24-33-16-19-49-45(33)50-29-37)46(57)53-64(60,61)43-26-41(56(58)59)44-47(52-43)62-30-34(51-44)23-31-9-4-3-5-10-31/h3-7,9-12,14-16,19,24-26,29,34,36,40,51H,2,8,13,17-18,20-23,27-28,30H2,1H3,(H,49,50)(H,53,57)/t34-,40+/m0/s1. The lowest BCUT2D eigenvalue weighted by molar-refractivity contribution is -0.384. The summed E-state index contributed by atoms with van der Waals surface area (Å²) in [5.41, 5.74) is 5.11. The van der Waals surface area contributed by atoms with E-state index >= 15 is 0 Å². The number of anilines is 2. The maximum Gasteiger partial charge on any atom is 0.300 e. The summed E-state index contributed by atoms with van der Waals surface area (Å²) < 4.78 is 41.9. The Morgan fingerprint density at radius 3 is 2.61 bits per heavy atom. The summed E-state index contributed by atoms with van der Waals surface area (Å²) in [5, 5.41) is 15.4. The Morgan fingerprint density at radius 2 is 1.81 bits per heavy atom. The number of nitrogens with zero attached hydrogens (tertiary/aromatic N) is 5. The van der Waals surface area contributed by atoms with Gasteiger partial charge in [0.1, 0.15) is 23.8 Å². The zero-order valence-corrected chi connectivity index (χ0v) is 36.4. The van der Waals surface area contributed by atoms with E-state index < -0.39 is 31.6 Å². The molecule has 1 spiro atoms. The van der Waals surface area contributed by atoms with E-state index in [0.29, 0.717) is 35.3 Å². The molecule has 330 valence electrons. The first-order chi connectivity index (χ1) is 31.0. The normalized spacial score (nSPS) is 19.7. The maximum absolute atomic E-state index is 14.0. The number of nitro groups is 1. The Hall–Kier alpha value is -6.52. The number of ether oxygens (including phenoxy) is 2. The third-order valence-electron chi connectivity index (χ3n) is 13.6. The van der Waals surface area contributed by atoms with Gasteiger partial charge in [-0.05, 0) is 104 Å². The van der Waals surface area contributed by atoms with Crippen LogP contribution in [0.4, 0.5) is 17.1 Å². The number of benzene rings is 3. The first-order valence-corrected chi connectivity index (χ1v) is 23.6. The smallest absolute Gasteiger partial charge is 0.300 e. The van der Waals surface area contributed by atoms with E-state index in [9.17, 15) is 23.3 Å². The van der Waals surface area contributed by atoms with E-state index in [1.165, 1.54) is 43.0 Å². The van der Waals surface area contributed by atoms with Crippen molar-refractivity contribution in [2.24, 2.45) is 5.41 Å². The van der Waals surface area contributed by atoms with Crippen LogP contribution in [0.3, 0.4) is 0 Å². The number of likely N-dealkylation sites (tertiary alicyclic amines) is 1. The van der Waals surface area contributed by atoms with Gasteiger partial charge in [-0.3, -0.25) is 19.8 Å². The minimum absolute atomic E-state index is 0.0312. The van der Waals surface area contributed by atoms with Gasteiger partial charge in [0.05, 0.1) is 28.8 Å². The lowest BCUT2D eigenvalue weighted by Crippen LogP contribution is -2.54. The van der Waals surface area contributed by atoms with E-state index in [0.717, 1.165) is 61.6 Å². The number of aryl methyl sites for hydroxylation is 1. The lowest BCUT2D eigenvalue weighted by Gasteiger charge is -2.56. The summed E-state index contributed by atoms with van der Waals surface area (Å²) in [5.74, 6) is -0.768. The molecule has 3 aromatic carbocycles. The van der Waals surface area contributed by atoms with Crippen LogP contribution in [0.2, 0.25) is 0 Å². The number of hydrogen-bond acceptors (Lipinski definition) is 12. The van der Waals surface area contributed by atoms with E-state index in [-0.39, 0.29) is 35.5 Å². The highest BCUT2D eigenvalue weighted by Crippen LogP contribution is 2.54. The monoisotopic (exact) mass is 882 g/mol. The van der Waals surface area contributed by atoms with Crippen molar-refractivity contribution in [3.8, 4) is 17.4 Å².